The van der Waals surface area contributed by atoms with Crippen molar-refractivity contribution in [2.24, 2.45) is 5.73 Å². The van der Waals surface area contributed by atoms with Crippen LogP contribution in [0.15, 0.2) is 24.3 Å². The summed E-state index contributed by atoms with van der Waals surface area (Å²) in [6, 6.07) is 9.38. The largest absolute Gasteiger partial charge is 0.380 e. The second-order valence-corrected chi connectivity index (χ2v) is 5.46. The fourth-order valence-corrected chi connectivity index (χ4v) is 3.07. The monoisotopic (exact) mass is 262 g/mol. The van der Waals surface area contributed by atoms with Crippen molar-refractivity contribution >= 4 is 0 Å². The van der Waals surface area contributed by atoms with Crippen LogP contribution in [0.25, 0.3) is 0 Å². The summed E-state index contributed by atoms with van der Waals surface area (Å²) in [5, 5.41) is 0. The molecule has 1 aliphatic rings. The van der Waals surface area contributed by atoms with E-state index in [0.29, 0.717) is 12.6 Å². The molecule has 0 aromatic heterocycles. The molecule has 2 N–H and O–H groups in total. The van der Waals surface area contributed by atoms with Gasteiger partial charge in [-0.15, -0.1) is 0 Å². The number of piperidine rings is 1. The number of hydrogen-bond acceptors (Lipinski definition) is 3. The smallest absolute Gasteiger partial charge is 0.0713 e. The van der Waals surface area contributed by atoms with Gasteiger partial charge < -0.3 is 10.5 Å². The van der Waals surface area contributed by atoms with Crippen LogP contribution in [-0.4, -0.2) is 31.1 Å². The number of nitrogens with two attached hydrogens (primary N) is 1. The van der Waals surface area contributed by atoms with Gasteiger partial charge in [0.25, 0.3) is 0 Å². The summed E-state index contributed by atoms with van der Waals surface area (Å²) in [6.07, 6.45) is 3.54. The molecule has 2 unspecified atom stereocenters. The van der Waals surface area contributed by atoms with Crippen molar-refractivity contribution in [1.29, 1.82) is 0 Å². The lowest BCUT2D eigenvalue weighted by Gasteiger charge is -2.40. The Morgan fingerprint density at radius 3 is 2.68 bits per heavy atom. The molecular weight excluding hydrogens is 236 g/mol. The molecule has 0 bridgehead atoms. The lowest BCUT2D eigenvalue weighted by molar-refractivity contribution is 0.128. The Balaban J connectivity index is 2.15. The van der Waals surface area contributed by atoms with Gasteiger partial charge in [0, 0.05) is 19.2 Å². The minimum atomic E-state index is 0.258. The third-order valence-electron chi connectivity index (χ3n) is 3.92. The number of hydrogen-bond donors (Lipinski definition) is 1. The summed E-state index contributed by atoms with van der Waals surface area (Å²) < 4.78 is 5.16. The van der Waals surface area contributed by atoms with Gasteiger partial charge in [0.15, 0.2) is 0 Å². The summed E-state index contributed by atoms with van der Waals surface area (Å²) in [5.41, 5.74) is 8.93. The molecule has 0 aliphatic carbocycles. The van der Waals surface area contributed by atoms with Crippen LogP contribution in [-0.2, 0) is 11.3 Å². The molecule has 2 atom stereocenters. The number of methoxy groups -OCH3 is 1. The zero-order valence-electron chi connectivity index (χ0n) is 12.1. The van der Waals surface area contributed by atoms with Gasteiger partial charge in [0.1, 0.15) is 0 Å². The van der Waals surface area contributed by atoms with E-state index < -0.39 is 0 Å². The number of likely N-dealkylation sites (tertiary alicyclic amines) is 1. The quantitative estimate of drug-likeness (QED) is 0.886. The molecule has 19 heavy (non-hydrogen) atoms. The second-order valence-electron chi connectivity index (χ2n) is 5.46. The maximum atomic E-state index is 6.36. The van der Waals surface area contributed by atoms with Crippen molar-refractivity contribution in [3.05, 3.63) is 35.4 Å². The van der Waals surface area contributed by atoms with Crippen molar-refractivity contribution in [3.63, 3.8) is 0 Å². The van der Waals surface area contributed by atoms with Gasteiger partial charge in [-0.3, -0.25) is 4.90 Å². The van der Waals surface area contributed by atoms with Gasteiger partial charge in [0.05, 0.1) is 6.61 Å². The normalized spacial score (nSPS) is 24.6. The summed E-state index contributed by atoms with van der Waals surface area (Å²) in [7, 11) is 1.73. The van der Waals surface area contributed by atoms with Gasteiger partial charge in [-0.1, -0.05) is 31.2 Å². The van der Waals surface area contributed by atoms with Crippen LogP contribution in [0.4, 0.5) is 0 Å². The molecule has 1 heterocycles. The van der Waals surface area contributed by atoms with Crippen LogP contribution in [0.1, 0.15) is 43.4 Å². The Morgan fingerprint density at radius 2 is 2.05 bits per heavy atom. The van der Waals surface area contributed by atoms with E-state index in [2.05, 4.69) is 36.1 Å². The number of nitrogens with zero attached hydrogens (tertiary/aromatic N) is 1. The average molecular weight is 262 g/mol. The van der Waals surface area contributed by atoms with E-state index in [-0.39, 0.29) is 6.04 Å². The Labute approximate surface area is 116 Å². The highest BCUT2D eigenvalue weighted by Crippen LogP contribution is 2.30. The van der Waals surface area contributed by atoms with Crippen LogP contribution in [0, 0.1) is 0 Å². The van der Waals surface area contributed by atoms with E-state index in [1.54, 1.807) is 7.11 Å². The van der Waals surface area contributed by atoms with E-state index in [9.17, 15) is 0 Å². The van der Waals surface area contributed by atoms with Crippen LogP contribution < -0.4 is 5.73 Å². The molecule has 0 amide bonds. The fraction of sp³-hybridized carbons (Fsp3) is 0.625. The van der Waals surface area contributed by atoms with E-state index in [1.165, 1.54) is 30.5 Å². The number of ether oxygens (including phenoxy) is 1. The van der Waals surface area contributed by atoms with Crippen molar-refractivity contribution in [1.82, 2.24) is 4.90 Å². The maximum absolute atomic E-state index is 6.36. The predicted octanol–water partition coefficient (Wildman–Crippen LogP) is 2.71. The highest BCUT2D eigenvalue weighted by molar-refractivity contribution is 5.26. The van der Waals surface area contributed by atoms with Crippen LogP contribution in [0.2, 0.25) is 0 Å². The SMILES string of the molecule is CCCN1CCCC(N)C1c1ccc(COC)cc1. The van der Waals surface area contributed by atoms with E-state index in [0.717, 1.165) is 13.0 Å². The van der Waals surface area contributed by atoms with Gasteiger partial charge in [-0.2, -0.15) is 0 Å². The molecule has 1 aliphatic heterocycles. The number of rotatable bonds is 5. The van der Waals surface area contributed by atoms with Gasteiger partial charge in [-0.05, 0) is 43.5 Å². The molecule has 106 valence electrons. The minimum Gasteiger partial charge on any atom is -0.380 e. The molecule has 2 rings (SSSR count). The lowest BCUT2D eigenvalue weighted by atomic mass is 9.90. The maximum Gasteiger partial charge on any atom is 0.0713 e. The fourth-order valence-electron chi connectivity index (χ4n) is 3.07. The first-order chi connectivity index (χ1) is 9.26. The molecule has 1 fully saturated rings. The topological polar surface area (TPSA) is 38.5 Å². The average Bonchev–Trinajstić information content (AvgIpc) is 2.41. The molecule has 1 aromatic rings. The van der Waals surface area contributed by atoms with Crippen LogP contribution in [0.5, 0.6) is 0 Å². The Morgan fingerprint density at radius 1 is 1.32 bits per heavy atom. The van der Waals surface area contributed by atoms with Crippen LogP contribution >= 0.6 is 0 Å². The lowest BCUT2D eigenvalue weighted by Crippen LogP contribution is -2.46. The van der Waals surface area contributed by atoms with Crippen molar-refractivity contribution < 1.29 is 4.74 Å². The Bertz CT molecular complexity index is 375. The van der Waals surface area contributed by atoms with Crippen molar-refractivity contribution in [2.75, 3.05) is 20.2 Å². The summed E-state index contributed by atoms with van der Waals surface area (Å²) >= 11 is 0. The first-order valence-electron chi connectivity index (χ1n) is 7.33. The summed E-state index contributed by atoms with van der Waals surface area (Å²) in [5.74, 6) is 0. The van der Waals surface area contributed by atoms with Crippen molar-refractivity contribution in [3.8, 4) is 0 Å². The third kappa shape index (κ3) is 3.56. The Hall–Kier alpha value is -0.900. The molecule has 3 nitrogen and oxygen atoms in total. The molecule has 0 spiro atoms. The standard InChI is InChI=1S/C16H26N2O/c1-3-10-18-11-4-5-15(17)16(18)14-8-6-13(7-9-14)12-19-2/h6-9,15-16H,3-5,10-12,17H2,1-2H3. The van der Waals surface area contributed by atoms with E-state index in [4.69, 9.17) is 10.5 Å². The zero-order valence-corrected chi connectivity index (χ0v) is 12.1. The highest BCUT2D eigenvalue weighted by atomic mass is 16.5. The second kappa shape index (κ2) is 7.04. The van der Waals surface area contributed by atoms with Crippen LogP contribution in [0.3, 0.4) is 0 Å². The molecular formula is C16H26N2O. The first-order valence-corrected chi connectivity index (χ1v) is 7.33. The molecule has 1 saturated heterocycles. The van der Waals surface area contributed by atoms with Gasteiger partial charge in [-0.25, -0.2) is 0 Å². The van der Waals surface area contributed by atoms with Gasteiger partial charge in [0.2, 0.25) is 0 Å². The minimum absolute atomic E-state index is 0.258. The number of benzene rings is 1. The molecule has 3 heteroatoms. The predicted molar refractivity (Wildman–Crippen MR) is 79.0 cm³/mol. The third-order valence-corrected chi connectivity index (χ3v) is 3.92. The first kappa shape index (κ1) is 14.5. The molecule has 0 radical (unpaired) electrons. The van der Waals surface area contributed by atoms with Crippen molar-refractivity contribution in [2.45, 2.75) is 44.9 Å². The highest BCUT2D eigenvalue weighted by Gasteiger charge is 2.29. The molecule has 0 saturated carbocycles. The van der Waals surface area contributed by atoms with E-state index in [1.807, 2.05) is 0 Å². The van der Waals surface area contributed by atoms with E-state index >= 15 is 0 Å². The Kier molecular flexibility index (Phi) is 5.37. The zero-order chi connectivity index (χ0) is 13.7. The van der Waals surface area contributed by atoms with Gasteiger partial charge >= 0.3 is 0 Å². The summed E-state index contributed by atoms with van der Waals surface area (Å²) in [4.78, 5) is 2.54. The summed E-state index contributed by atoms with van der Waals surface area (Å²) in [6.45, 7) is 5.22. The molecule has 1 aromatic carbocycles.